The van der Waals surface area contributed by atoms with Crippen LogP contribution in [0.1, 0.15) is 29.4 Å². The number of ether oxygens (including phenoxy) is 1. The van der Waals surface area contributed by atoms with Gasteiger partial charge in [-0.3, -0.25) is 13.8 Å². The number of hydrogen-bond acceptors (Lipinski definition) is 5. The van der Waals surface area contributed by atoms with Crippen molar-refractivity contribution >= 4 is 21.6 Å². The predicted molar refractivity (Wildman–Crippen MR) is 130 cm³/mol. The van der Waals surface area contributed by atoms with Crippen LogP contribution in [0.4, 0.5) is 5.69 Å². The molecule has 2 aromatic carbocycles. The maximum absolute atomic E-state index is 13.6. The summed E-state index contributed by atoms with van der Waals surface area (Å²) in [5.74, 6) is 0.632. The van der Waals surface area contributed by atoms with E-state index in [0.29, 0.717) is 43.2 Å². The summed E-state index contributed by atoms with van der Waals surface area (Å²) in [6, 6.07) is 15.2. The average Bonchev–Trinajstić information content (AvgIpc) is 3.36. The van der Waals surface area contributed by atoms with Crippen LogP contribution in [0.2, 0.25) is 0 Å². The van der Waals surface area contributed by atoms with Gasteiger partial charge in [-0.1, -0.05) is 30.3 Å². The number of fused-ring (bicyclic) bond motifs is 1. The molecule has 0 fully saturated rings. The molecule has 9 heteroatoms. The number of hydrogen-bond donors (Lipinski definition) is 0. The Balaban J connectivity index is 1.50. The lowest BCUT2D eigenvalue weighted by Crippen LogP contribution is -2.31. The first kappa shape index (κ1) is 23.8. The van der Waals surface area contributed by atoms with Crippen LogP contribution in [0.3, 0.4) is 0 Å². The van der Waals surface area contributed by atoms with Crippen molar-refractivity contribution in [2.75, 3.05) is 24.5 Å². The van der Waals surface area contributed by atoms with Gasteiger partial charge in [0.05, 0.1) is 23.7 Å². The standard InChI is InChI=1S/C25H30N4O4S/c1-5-33-22-12-10-20(11-13-22)16-27(4)24(30)17-28-19(3)25(18(2)26-28)34(31,32)29-15-14-21-8-6-7-9-23(21)29/h6-13H,5,14-17H2,1-4H3. The molecule has 8 nitrogen and oxygen atoms in total. The summed E-state index contributed by atoms with van der Waals surface area (Å²) in [6.45, 7) is 6.70. The summed E-state index contributed by atoms with van der Waals surface area (Å²) in [5, 5.41) is 4.41. The van der Waals surface area contributed by atoms with Gasteiger partial charge in [-0.2, -0.15) is 5.10 Å². The molecule has 1 aromatic heterocycles. The van der Waals surface area contributed by atoms with Crippen molar-refractivity contribution in [2.45, 2.75) is 45.2 Å². The number of aromatic nitrogens is 2. The number of carbonyl (C=O) groups excluding carboxylic acids is 1. The zero-order valence-corrected chi connectivity index (χ0v) is 20.8. The third-order valence-corrected chi connectivity index (χ3v) is 8.14. The minimum atomic E-state index is -3.79. The summed E-state index contributed by atoms with van der Waals surface area (Å²) >= 11 is 0. The number of rotatable bonds is 8. The molecule has 1 amide bonds. The third-order valence-electron chi connectivity index (χ3n) is 6.07. The van der Waals surface area contributed by atoms with Gasteiger partial charge in [0.25, 0.3) is 10.0 Å². The van der Waals surface area contributed by atoms with E-state index in [1.165, 1.54) is 8.99 Å². The van der Waals surface area contributed by atoms with Crippen LogP contribution in [0.5, 0.6) is 5.75 Å². The highest BCUT2D eigenvalue weighted by Crippen LogP contribution is 2.34. The van der Waals surface area contributed by atoms with Crippen molar-refractivity contribution in [3.63, 3.8) is 0 Å². The SMILES string of the molecule is CCOc1ccc(CN(C)C(=O)Cn2nc(C)c(S(=O)(=O)N3CCc4ccccc43)c2C)cc1. The molecule has 0 saturated carbocycles. The fraction of sp³-hybridized carbons (Fsp3) is 0.360. The van der Waals surface area contributed by atoms with Crippen molar-refractivity contribution < 1.29 is 17.9 Å². The van der Waals surface area contributed by atoms with Crippen LogP contribution in [-0.4, -0.2) is 49.2 Å². The maximum atomic E-state index is 13.6. The van der Waals surface area contributed by atoms with Gasteiger partial charge in [0.1, 0.15) is 17.2 Å². The average molecular weight is 483 g/mol. The van der Waals surface area contributed by atoms with Crippen molar-refractivity contribution in [3.8, 4) is 5.75 Å². The Bertz CT molecular complexity index is 1300. The number of nitrogens with zero attached hydrogens (tertiary/aromatic N) is 4. The van der Waals surface area contributed by atoms with Gasteiger partial charge in [0, 0.05) is 20.1 Å². The normalized spacial score (nSPS) is 13.1. The fourth-order valence-electron chi connectivity index (χ4n) is 4.34. The van der Waals surface area contributed by atoms with Crippen molar-refractivity contribution in [2.24, 2.45) is 0 Å². The lowest BCUT2D eigenvalue weighted by Gasteiger charge is -2.20. The Morgan fingerprint density at radius 1 is 1.12 bits per heavy atom. The fourth-order valence-corrected chi connectivity index (χ4v) is 6.23. The molecule has 0 aliphatic carbocycles. The summed E-state index contributed by atoms with van der Waals surface area (Å²) in [5.41, 5.74) is 3.55. The summed E-state index contributed by atoms with van der Waals surface area (Å²) in [4.78, 5) is 14.7. The highest BCUT2D eigenvalue weighted by Gasteiger charge is 2.35. The Kier molecular flexibility index (Phi) is 6.65. The lowest BCUT2D eigenvalue weighted by atomic mass is 10.2. The minimum absolute atomic E-state index is 0.0354. The molecular formula is C25H30N4O4S. The van der Waals surface area contributed by atoms with Crippen LogP contribution in [0, 0.1) is 13.8 Å². The van der Waals surface area contributed by atoms with Crippen LogP contribution >= 0.6 is 0 Å². The first-order valence-corrected chi connectivity index (χ1v) is 12.8. The number of aryl methyl sites for hydroxylation is 1. The summed E-state index contributed by atoms with van der Waals surface area (Å²) in [7, 11) is -2.07. The number of benzene rings is 2. The van der Waals surface area contributed by atoms with E-state index in [1.54, 1.807) is 25.8 Å². The smallest absolute Gasteiger partial charge is 0.268 e. The zero-order chi connectivity index (χ0) is 24.5. The Morgan fingerprint density at radius 2 is 1.82 bits per heavy atom. The van der Waals surface area contributed by atoms with Gasteiger partial charge >= 0.3 is 0 Å². The van der Waals surface area contributed by atoms with E-state index < -0.39 is 10.0 Å². The topological polar surface area (TPSA) is 84.7 Å². The third kappa shape index (κ3) is 4.52. The molecule has 0 bridgehead atoms. The first-order valence-electron chi connectivity index (χ1n) is 11.3. The molecule has 180 valence electrons. The summed E-state index contributed by atoms with van der Waals surface area (Å²) in [6.07, 6.45) is 0.677. The number of sulfonamides is 1. The van der Waals surface area contributed by atoms with Crippen LogP contribution in [0.15, 0.2) is 53.4 Å². The number of likely N-dealkylation sites (N-methyl/N-ethyl adjacent to an activating group) is 1. The van der Waals surface area contributed by atoms with E-state index in [2.05, 4.69) is 5.10 Å². The molecule has 34 heavy (non-hydrogen) atoms. The van der Waals surface area contributed by atoms with Crippen molar-refractivity contribution in [1.29, 1.82) is 0 Å². The van der Waals surface area contributed by atoms with Crippen LogP contribution in [0.25, 0.3) is 0 Å². The molecule has 0 atom stereocenters. The molecule has 0 saturated heterocycles. The highest BCUT2D eigenvalue weighted by atomic mass is 32.2. The molecular weight excluding hydrogens is 452 g/mol. The minimum Gasteiger partial charge on any atom is -0.494 e. The number of anilines is 1. The molecule has 0 N–H and O–H groups in total. The maximum Gasteiger partial charge on any atom is 0.268 e. The molecule has 2 heterocycles. The number of para-hydroxylation sites is 1. The molecule has 0 spiro atoms. The second-order valence-electron chi connectivity index (χ2n) is 8.44. The molecule has 0 unspecified atom stereocenters. The molecule has 0 radical (unpaired) electrons. The van der Waals surface area contributed by atoms with E-state index in [-0.39, 0.29) is 17.3 Å². The van der Waals surface area contributed by atoms with Crippen molar-refractivity contribution in [1.82, 2.24) is 14.7 Å². The van der Waals surface area contributed by atoms with Gasteiger partial charge in [0.15, 0.2) is 0 Å². The van der Waals surface area contributed by atoms with E-state index in [0.717, 1.165) is 16.9 Å². The lowest BCUT2D eigenvalue weighted by molar-refractivity contribution is -0.131. The molecule has 4 rings (SSSR count). The van der Waals surface area contributed by atoms with Gasteiger partial charge in [-0.25, -0.2) is 8.42 Å². The van der Waals surface area contributed by atoms with Crippen LogP contribution < -0.4 is 9.04 Å². The van der Waals surface area contributed by atoms with E-state index in [9.17, 15) is 13.2 Å². The largest absolute Gasteiger partial charge is 0.494 e. The van der Waals surface area contributed by atoms with E-state index >= 15 is 0 Å². The number of amides is 1. The predicted octanol–water partition coefficient (Wildman–Crippen LogP) is 3.31. The quantitative estimate of drug-likeness (QED) is 0.492. The first-order chi connectivity index (χ1) is 16.2. The second kappa shape index (κ2) is 9.50. The zero-order valence-electron chi connectivity index (χ0n) is 20.0. The Hall–Kier alpha value is -3.33. The van der Waals surface area contributed by atoms with Gasteiger partial charge in [0.2, 0.25) is 5.91 Å². The molecule has 1 aliphatic heterocycles. The monoisotopic (exact) mass is 482 g/mol. The van der Waals surface area contributed by atoms with Gasteiger partial charge in [-0.05, 0) is 56.5 Å². The molecule has 1 aliphatic rings. The second-order valence-corrected chi connectivity index (χ2v) is 10.2. The van der Waals surface area contributed by atoms with Gasteiger partial charge in [-0.15, -0.1) is 0 Å². The number of carbonyl (C=O) groups is 1. The highest BCUT2D eigenvalue weighted by molar-refractivity contribution is 7.93. The van der Waals surface area contributed by atoms with Crippen molar-refractivity contribution in [3.05, 3.63) is 71.0 Å². The van der Waals surface area contributed by atoms with Gasteiger partial charge < -0.3 is 9.64 Å². The van der Waals surface area contributed by atoms with E-state index in [1.807, 2.05) is 55.5 Å². The van der Waals surface area contributed by atoms with E-state index in [4.69, 9.17) is 4.74 Å². The Labute approximate surface area is 200 Å². The van der Waals surface area contributed by atoms with Crippen LogP contribution in [-0.2, 0) is 34.3 Å². The Morgan fingerprint density at radius 3 is 2.53 bits per heavy atom. The summed E-state index contributed by atoms with van der Waals surface area (Å²) < 4.78 is 35.5. The molecule has 3 aromatic rings.